The van der Waals surface area contributed by atoms with Crippen molar-refractivity contribution in [1.82, 2.24) is 4.98 Å². The third-order valence-corrected chi connectivity index (χ3v) is 7.45. The van der Waals surface area contributed by atoms with E-state index in [1.807, 2.05) is 0 Å². The third-order valence-electron chi connectivity index (χ3n) is 6.20. The molecule has 1 N–H and O–H groups in total. The van der Waals surface area contributed by atoms with Crippen LogP contribution in [-0.4, -0.2) is 39.9 Å². The summed E-state index contributed by atoms with van der Waals surface area (Å²) in [7, 11) is 0. The molecule has 3 aromatic carbocycles. The Bertz CT molecular complexity index is 1700. The summed E-state index contributed by atoms with van der Waals surface area (Å²) in [5, 5.41) is 23.6. The van der Waals surface area contributed by atoms with Gasteiger partial charge in [-0.1, -0.05) is 35.1 Å². The quantitative estimate of drug-likeness (QED) is 0.120. The molecule has 12 heteroatoms. The molecule has 0 bridgehead atoms. The SMILES string of the molecule is O=C1C(=O)N(c2nc3ccc(Cl)cc3s2)[C@H](c2cccc([N+](=O)[O-])c2)/C1=C(\O)c1ccc2c(c1)OCCO2. The van der Waals surface area contributed by atoms with Crippen molar-refractivity contribution in [1.29, 1.82) is 0 Å². The summed E-state index contributed by atoms with van der Waals surface area (Å²) < 4.78 is 11.8. The Balaban J connectivity index is 1.56. The van der Waals surface area contributed by atoms with Crippen molar-refractivity contribution in [2.24, 2.45) is 0 Å². The fourth-order valence-electron chi connectivity index (χ4n) is 4.49. The maximum atomic E-state index is 13.4. The van der Waals surface area contributed by atoms with Crippen LogP contribution in [0.3, 0.4) is 0 Å². The van der Waals surface area contributed by atoms with Crippen molar-refractivity contribution >= 4 is 61.4 Å². The number of benzene rings is 3. The molecule has 3 heterocycles. The van der Waals surface area contributed by atoms with E-state index in [1.165, 1.54) is 24.3 Å². The first-order valence-corrected chi connectivity index (χ1v) is 12.5. The number of amides is 1. The second-order valence-corrected chi connectivity index (χ2v) is 9.93. The Morgan fingerprint density at radius 1 is 1.08 bits per heavy atom. The summed E-state index contributed by atoms with van der Waals surface area (Å²) in [5.74, 6) is -1.47. The lowest BCUT2D eigenvalue weighted by molar-refractivity contribution is -0.384. The van der Waals surface area contributed by atoms with E-state index in [-0.39, 0.29) is 27.5 Å². The van der Waals surface area contributed by atoms with Gasteiger partial charge in [0, 0.05) is 22.7 Å². The molecule has 1 saturated heterocycles. The molecule has 0 saturated carbocycles. The zero-order valence-corrected chi connectivity index (χ0v) is 20.9. The predicted octanol–water partition coefficient (Wildman–Crippen LogP) is 5.26. The molecule has 1 fully saturated rings. The van der Waals surface area contributed by atoms with Crippen LogP contribution in [0.2, 0.25) is 5.02 Å². The molecule has 0 spiro atoms. The highest BCUT2D eigenvalue weighted by Crippen LogP contribution is 2.45. The molecule has 0 radical (unpaired) electrons. The number of non-ortho nitro benzene ring substituents is 1. The smallest absolute Gasteiger partial charge is 0.301 e. The van der Waals surface area contributed by atoms with E-state index in [2.05, 4.69) is 4.98 Å². The number of aromatic nitrogens is 1. The standard InChI is InChI=1S/C26H16ClN3O7S/c27-15-5-6-17-20(12-15)38-26(28-17)29-22(13-2-1-3-16(10-13)30(34)35)21(24(32)25(29)33)23(31)14-4-7-18-19(11-14)37-9-8-36-18/h1-7,10-12,22,31H,8-9H2/b23-21+/t22-/m1/s1. The van der Waals surface area contributed by atoms with Crippen LogP contribution in [0.5, 0.6) is 11.5 Å². The Labute approximate surface area is 223 Å². The highest BCUT2D eigenvalue weighted by atomic mass is 35.5. The fourth-order valence-corrected chi connectivity index (χ4v) is 5.76. The highest BCUT2D eigenvalue weighted by Gasteiger charge is 2.48. The highest BCUT2D eigenvalue weighted by molar-refractivity contribution is 7.22. The summed E-state index contributed by atoms with van der Waals surface area (Å²) >= 11 is 7.25. The molecule has 38 heavy (non-hydrogen) atoms. The zero-order chi connectivity index (χ0) is 26.6. The molecule has 0 aliphatic carbocycles. The van der Waals surface area contributed by atoms with Crippen molar-refractivity contribution in [2.45, 2.75) is 6.04 Å². The number of nitro benzene ring substituents is 1. The van der Waals surface area contributed by atoms with Crippen LogP contribution in [0.15, 0.2) is 66.2 Å². The number of carbonyl (C=O) groups excluding carboxylic acids is 2. The summed E-state index contributed by atoms with van der Waals surface area (Å²) in [6.07, 6.45) is 0. The molecule has 10 nitrogen and oxygen atoms in total. The number of hydrogen-bond donors (Lipinski definition) is 1. The van der Waals surface area contributed by atoms with Gasteiger partial charge >= 0.3 is 5.91 Å². The number of carbonyl (C=O) groups is 2. The first-order valence-electron chi connectivity index (χ1n) is 11.3. The number of nitro groups is 1. The predicted molar refractivity (Wildman–Crippen MR) is 140 cm³/mol. The number of Topliss-reactive ketones (excluding diaryl/α,β-unsaturated/α-hetero) is 1. The van der Waals surface area contributed by atoms with E-state index in [1.54, 1.807) is 36.4 Å². The lowest BCUT2D eigenvalue weighted by atomic mass is 9.95. The number of fused-ring (bicyclic) bond motifs is 2. The molecule has 1 amide bonds. The van der Waals surface area contributed by atoms with Gasteiger partial charge in [0.05, 0.1) is 26.8 Å². The van der Waals surface area contributed by atoms with E-state index in [0.29, 0.717) is 40.0 Å². The summed E-state index contributed by atoms with van der Waals surface area (Å²) in [6.45, 7) is 0.695. The minimum absolute atomic E-state index is 0.182. The van der Waals surface area contributed by atoms with E-state index in [4.69, 9.17) is 21.1 Å². The summed E-state index contributed by atoms with van der Waals surface area (Å²) in [5.41, 5.74) is 0.572. The van der Waals surface area contributed by atoms with Crippen LogP contribution >= 0.6 is 22.9 Å². The van der Waals surface area contributed by atoms with Crippen LogP contribution < -0.4 is 14.4 Å². The average Bonchev–Trinajstić information content (AvgIpc) is 3.45. The number of halogens is 1. The number of hydrogen-bond acceptors (Lipinski definition) is 9. The summed E-state index contributed by atoms with van der Waals surface area (Å²) in [6, 6.07) is 14.1. The molecular formula is C26H16ClN3O7S. The second-order valence-electron chi connectivity index (χ2n) is 8.49. The molecule has 1 aromatic heterocycles. The average molecular weight is 550 g/mol. The third kappa shape index (κ3) is 3.92. The van der Waals surface area contributed by atoms with Crippen molar-refractivity contribution in [2.75, 3.05) is 18.1 Å². The van der Waals surface area contributed by atoms with Gasteiger partial charge in [0.2, 0.25) is 0 Å². The minimum Gasteiger partial charge on any atom is -0.507 e. The van der Waals surface area contributed by atoms with Gasteiger partial charge in [-0.25, -0.2) is 4.98 Å². The van der Waals surface area contributed by atoms with Gasteiger partial charge < -0.3 is 14.6 Å². The first kappa shape index (κ1) is 23.9. The topological polar surface area (TPSA) is 132 Å². The van der Waals surface area contributed by atoms with Gasteiger partial charge in [-0.3, -0.25) is 24.6 Å². The molecule has 6 rings (SSSR count). The summed E-state index contributed by atoms with van der Waals surface area (Å²) in [4.78, 5) is 43.5. The van der Waals surface area contributed by atoms with E-state index in [0.717, 1.165) is 16.2 Å². The molecule has 4 aromatic rings. The molecule has 0 unspecified atom stereocenters. The van der Waals surface area contributed by atoms with Crippen molar-refractivity contribution < 1.29 is 29.1 Å². The van der Waals surface area contributed by atoms with Gasteiger partial charge in [-0.05, 0) is 42.0 Å². The number of nitrogens with zero attached hydrogens (tertiary/aromatic N) is 3. The Morgan fingerprint density at radius 2 is 1.87 bits per heavy atom. The minimum atomic E-state index is -1.18. The lowest BCUT2D eigenvalue weighted by Crippen LogP contribution is -2.29. The monoisotopic (exact) mass is 549 g/mol. The van der Waals surface area contributed by atoms with Crippen molar-refractivity contribution in [3.63, 3.8) is 0 Å². The number of ether oxygens (including phenoxy) is 2. The van der Waals surface area contributed by atoms with Crippen molar-refractivity contribution in [3.05, 3.63) is 92.5 Å². The van der Waals surface area contributed by atoms with Crippen LogP contribution in [0, 0.1) is 10.1 Å². The molecule has 2 aliphatic heterocycles. The molecule has 190 valence electrons. The van der Waals surface area contributed by atoms with Gasteiger partial charge in [0.1, 0.15) is 19.0 Å². The normalized spacial score (nSPS) is 18.2. The number of thiazole rings is 1. The maximum Gasteiger partial charge on any atom is 0.301 e. The van der Waals surface area contributed by atoms with Crippen LogP contribution in [-0.2, 0) is 9.59 Å². The van der Waals surface area contributed by atoms with Crippen LogP contribution in [0.4, 0.5) is 10.8 Å². The zero-order valence-electron chi connectivity index (χ0n) is 19.3. The molecule has 2 aliphatic rings. The van der Waals surface area contributed by atoms with Crippen LogP contribution in [0.25, 0.3) is 16.0 Å². The number of anilines is 1. The Morgan fingerprint density at radius 3 is 2.66 bits per heavy atom. The molecular weight excluding hydrogens is 534 g/mol. The second kappa shape index (κ2) is 9.12. The molecule has 1 atom stereocenters. The van der Waals surface area contributed by atoms with Gasteiger partial charge in [-0.2, -0.15) is 0 Å². The number of aliphatic hydroxyl groups is 1. The van der Waals surface area contributed by atoms with Crippen molar-refractivity contribution in [3.8, 4) is 11.5 Å². The fraction of sp³-hybridized carbons (Fsp3) is 0.115. The number of rotatable bonds is 4. The lowest BCUT2D eigenvalue weighted by Gasteiger charge is -2.23. The van der Waals surface area contributed by atoms with E-state index >= 15 is 0 Å². The Kier molecular flexibility index (Phi) is 5.73. The Hall–Kier alpha value is -4.48. The first-order chi connectivity index (χ1) is 18.3. The number of ketones is 1. The van der Waals surface area contributed by atoms with E-state index < -0.39 is 28.4 Å². The number of aliphatic hydroxyl groups excluding tert-OH is 1. The largest absolute Gasteiger partial charge is 0.507 e. The van der Waals surface area contributed by atoms with E-state index in [9.17, 15) is 24.8 Å². The van der Waals surface area contributed by atoms with Gasteiger partial charge in [0.15, 0.2) is 16.6 Å². The van der Waals surface area contributed by atoms with Gasteiger partial charge in [-0.15, -0.1) is 0 Å². The maximum absolute atomic E-state index is 13.4. The van der Waals surface area contributed by atoms with Crippen LogP contribution in [0.1, 0.15) is 17.2 Å². The van der Waals surface area contributed by atoms with Gasteiger partial charge in [0.25, 0.3) is 11.5 Å².